The van der Waals surface area contributed by atoms with Crippen molar-refractivity contribution in [1.29, 1.82) is 0 Å². The fourth-order valence-corrected chi connectivity index (χ4v) is 4.58. The van der Waals surface area contributed by atoms with Crippen molar-refractivity contribution in [2.24, 2.45) is 5.92 Å². The molecule has 3 heterocycles. The Morgan fingerprint density at radius 2 is 2.00 bits per heavy atom. The van der Waals surface area contributed by atoms with Gasteiger partial charge < -0.3 is 5.32 Å². The summed E-state index contributed by atoms with van der Waals surface area (Å²) < 4.78 is 1.65. The first-order valence-corrected chi connectivity index (χ1v) is 10.5. The maximum absolute atomic E-state index is 12.4. The molecule has 1 fully saturated rings. The number of hydrogen-bond donors (Lipinski definition) is 1. The van der Waals surface area contributed by atoms with E-state index in [0.717, 1.165) is 47.8 Å². The quantitative estimate of drug-likeness (QED) is 0.720. The van der Waals surface area contributed by atoms with Gasteiger partial charge in [0.25, 0.3) is 5.56 Å². The second-order valence-electron chi connectivity index (χ2n) is 7.33. The fraction of sp³-hybridized carbons (Fsp3) is 0.381. The first-order chi connectivity index (χ1) is 13.6. The van der Waals surface area contributed by atoms with Crippen LogP contribution in [-0.4, -0.2) is 33.3 Å². The SMILES string of the molecule is Cc1csc2nc(CN3CCC(C(=O)NCc4ccccc4)CC3)cc(=O)n12. The van der Waals surface area contributed by atoms with E-state index in [1.54, 1.807) is 10.5 Å². The molecule has 2 aromatic heterocycles. The summed E-state index contributed by atoms with van der Waals surface area (Å²) in [6.07, 6.45) is 1.67. The van der Waals surface area contributed by atoms with E-state index in [-0.39, 0.29) is 17.4 Å². The van der Waals surface area contributed by atoms with Crippen molar-refractivity contribution < 1.29 is 4.79 Å². The third-order valence-corrected chi connectivity index (χ3v) is 6.23. The smallest absolute Gasteiger partial charge is 0.259 e. The Balaban J connectivity index is 1.30. The Morgan fingerprint density at radius 3 is 2.75 bits per heavy atom. The lowest BCUT2D eigenvalue weighted by atomic mass is 9.95. The van der Waals surface area contributed by atoms with Crippen LogP contribution in [0.4, 0.5) is 0 Å². The van der Waals surface area contributed by atoms with E-state index in [1.165, 1.54) is 11.3 Å². The second-order valence-corrected chi connectivity index (χ2v) is 8.17. The molecule has 4 rings (SSSR count). The van der Waals surface area contributed by atoms with Gasteiger partial charge in [-0.25, -0.2) is 4.98 Å². The summed E-state index contributed by atoms with van der Waals surface area (Å²) in [6, 6.07) is 11.6. The van der Waals surface area contributed by atoms with Crippen LogP contribution in [0.25, 0.3) is 4.96 Å². The monoisotopic (exact) mass is 396 g/mol. The molecule has 3 aromatic rings. The average Bonchev–Trinajstić information content (AvgIpc) is 3.08. The van der Waals surface area contributed by atoms with Gasteiger partial charge in [0.2, 0.25) is 5.91 Å². The number of fused-ring (bicyclic) bond motifs is 1. The minimum absolute atomic E-state index is 0.0195. The zero-order chi connectivity index (χ0) is 19.5. The molecule has 0 bridgehead atoms. The summed E-state index contributed by atoms with van der Waals surface area (Å²) >= 11 is 1.49. The molecule has 1 aliphatic rings. The van der Waals surface area contributed by atoms with Gasteiger partial charge >= 0.3 is 0 Å². The molecule has 6 nitrogen and oxygen atoms in total. The molecule has 0 spiro atoms. The summed E-state index contributed by atoms with van der Waals surface area (Å²) in [5, 5.41) is 5.00. The molecular weight excluding hydrogens is 372 g/mol. The summed E-state index contributed by atoms with van der Waals surface area (Å²) in [5.41, 5.74) is 2.82. The molecule has 0 unspecified atom stereocenters. The maximum Gasteiger partial charge on any atom is 0.259 e. The number of aryl methyl sites for hydroxylation is 1. The molecule has 0 atom stereocenters. The standard InChI is InChI=1S/C21H24N4O2S/c1-15-14-28-21-23-18(11-19(26)25(15)21)13-24-9-7-17(8-10-24)20(27)22-12-16-5-3-2-4-6-16/h2-6,11,14,17H,7-10,12-13H2,1H3,(H,22,27). The highest BCUT2D eigenvalue weighted by atomic mass is 32.1. The molecule has 0 radical (unpaired) electrons. The molecule has 1 saturated heterocycles. The number of nitrogens with zero attached hydrogens (tertiary/aromatic N) is 3. The molecule has 1 aromatic carbocycles. The van der Waals surface area contributed by atoms with Gasteiger partial charge in [-0.3, -0.25) is 18.9 Å². The molecular formula is C21H24N4O2S. The maximum atomic E-state index is 12.4. The Morgan fingerprint density at radius 1 is 1.25 bits per heavy atom. The molecule has 1 N–H and O–H groups in total. The van der Waals surface area contributed by atoms with Crippen molar-refractivity contribution in [1.82, 2.24) is 19.6 Å². The number of carbonyl (C=O) groups is 1. The third kappa shape index (κ3) is 4.15. The lowest BCUT2D eigenvalue weighted by Crippen LogP contribution is -2.40. The predicted molar refractivity (Wildman–Crippen MR) is 110 cm³/mol. The van der Waals surface area contributed by atoms with Crippen molar-refractivity contribution in [3.63, 3.8) is 0 Å². The van der Waals surface area contributed by atoms with Crippen molar-refractivity contribution >= 4 is 22.2 Å². The molecule has 0 aliphatic carbocycles. The van der Waals surface area contributed by atoms with Crippen LogP contribution in [0.3, 0.4) is 0 Å². The number of nitrogens with one attached hydrogen (secondary N) is 1. The fourth-order valence-electron chi connectivity index (χ4n) is 3.69. The molecule has 28 heavy (non-hydrogen) atoms. The van der Waals surface area contributed by atoms with Crippen molar-refractivity contribution in [2.45, 2.75) is 32.9 Å². The van der Waals surface area contributed by atoms with Crippen LogP contribution in [0, 0.1) is 12.8 Å². The van der Waals surface area contributed by atoms with Gasteiger partial charge in [-0.1, -0.05) is 30.3 Å². The molecule has 7 heteroatoms. The molecule has 1 aliphatic heterocycles. The molecule has 0 saturated carbocycles. The van der Waals surface area contributed by atoms with Crippen LogP contribution in [-0.2, 0) is 17.9 Å². The Labute approximate surface area is 167 Å². The Bertz CT molecular complexity index is 1020. The minimum Gasteiger partial charge on any atom is -0.352 e. The number of rotatable bonds is 5. The summed E-state index contributed by atoms with van der Waals surface area (Å²) in [4.78, 5) is 32.4. The van der Waals surface area contributed by atoms with E-state index in [1.807, 2.05) is 42.6 Å². The number of aromatic nitrogens is 2. The zero-order valence-corrected chi connectivity index (χ0v) is 16.7. The van der Waals surface area contributed by atoms with Crippen LogP contribution in [0.1, 0.15) is 29.8 Å². The van der Waals surface area contributed by atoms with Gasteiger partial charge in [-0.2, -0.15) is 0 Å². The van der Waals surface area contributed by atoms with Crippen molar-refractivity contribution in [2.75, 3.05) is 13.1 Å². The summed E-state index contributed by atoms with van der Waals surface area (Å²) in [6.45, 7) is 4.83. The van der Waals surface area contributed by atoms with E-state index >= 15 is 0 Å². The normalized spacial score (nSPS) is 15.8. The summed E-state index contributed by atoms with van der Waals surface area (Å²) in [5.74, 6) is 0.191. The van der Waals surface area contributed by atoms with Crippen LogP contribution in [0.2, 0.25) is 0 Å². The number of benzene rings is 1. The average molecular weight is 397 g/mol. The number of piperidine rings is 1. The molecule has 1 amide bonds. The highest BCUT2D eigenvalue weighted by Gasteiger charge is 2.25. The minimum atomic E-state index is -0.0195. The lowest BCUT2D eigenvalue weighted by molar-refractivity contribution is -0.126. The van der Waals surface area contributed by atoms with Gasteiger partial charge in [0.1, 0.15) is 0 Å². The summed E-state index contributed by atoms with van der Waals surface area (Å²) in [7, 11) is 0. The number of likely N-dealkylation sites (tertiary alicyclic amines) is 1. The topological polar surface area (TPSA) is 66.7 Å². The van der Waals surface area contributed by atoms with Gasteiger partial charge in [0, 0.05) is 36.1 Å². The number of thiazole rings is 1. The van der Waals surface area contributed by atoms with Gasteiger partial charge in [-0.15, -0.1) is 11.3 Å². The van der Waals surface area contributed by atoms with Crippen molar-refractivity contribution in [3.8, 4) is 0 Å². The highest BCUT2D eigenvalue weighted by Crippen LogP contribution is 2.19. The Kier molecular flexibility index (Phi) is 5.54. The largest absolute Gasteiger partial charge is 0.352 e. The third-order valence-electron chi connectivity index (χ3n) is 5.28. The van der Waals surface area contributed by atoms with Gasteiger partial charge in [-0.05, 0) is 38.4 Å². The van der Waals surface area contributed by atoms with E-state index in [9.17, 15) is 9.59 Å². The number of hydrogen-bond acceptors (Lipinski definition) is 5. The lowest BCUT2D eigenvalue weighted by Gasteiger charge is -2.31. The van der Waals surface area contributed by atoms with Crippen LogP contribution < -0.4 is 10.9 Å². The molecule has 146 valence electrons. The number of amides is 1. The van der Waals surface area contributed by atoms with Gasteiger partial charge in [0.05, 0.1) is 5.69 Å². The van der Waals surface area contributed by atoms with E-state index < -0.39 is 0 Å². The number of carbonyl (C=O) groups excluding carboxylic acids is 1. The Hall–Kier alpha value is -2.51. The zero-order valence-electron chi connectivity index (χ0n) is 15.9. The van der Waals surface area contributed by atoms with Crippen LogP contribution in [0.15, 0.2) is 46.6 Å². The van der Waals surface area contributed by atoms with Crippen molar-refractivity contribution in [3.05, 3.63) is 69.1 Å². The van der Waals surface area contributed by atoms with Crippen LogP contribution >= 0.6 is 11.3 Å². The van der Waals surface area contributed by atoms with E-state index in [4.69, 9.17) is 0 Å². The van der Waals surface area contributed by atoms with E-state index in [2.05, 4.69) is 15.2 Å². The predicted octanol–water partition coefficient (Wildman–Crippen LogP) is 2.59. The second kappa shape index (κ2) is 8.24. The van der Waals surface area contributed by atoms with Gasteiger partial charge in [0.15, 0.2) is 4.96 Å². The van der Waals surface area contributed by atoms with E-state index in [0.29, 0.717) is 13.1 Å². The highest BCUT2D eigenvalue weighted by molar-refractivity contribution is 7.15. The first-order valence-electron chi connectivity index (χ1n) is 9.61. The van der Waals surface area contributed by atoms with Crippen LogP contribution in [0.5, 0.6) is 0 Å². The first kappa shape index (κ1) is 18.8.